The van der Waals surface area contributed by atoms with E-state index in [0.29, 0.717) is 6.10 Å². The third-order valence-corrected chi connectivity index (χ3v) is 1.72. The van der Waals surface area contributed by atoms with Gasteiger partial charge in [-0.25, -0.2) is 0 Å². The minimum absolute atomic E-state index is 0.550. The number of alkyl halides is 1. The van der Waals surface area contributed by atoms with Crippen LogP contribution < -0.4 is 0 Å². The maximum atomic E-state index is 5.47. The van der Waals surface area contributed by atoms with Gasteiger partial charge >= 0.3 is 0 Å². The van der Waals surface area contributed by atoms with Gasteiger partial charge in [-0.2, -0.15) is 0 Å². The van der Waals surface area contributed by atoms with E-state index in [1.54, 1.807) is 0 Å². The molecule has 8 heavy (non-hydrogen) atoms. The molecule has 0 spiro atoms. The fourth-order valence-corrected chi connectivity index (χ4v) is 0.971. The molecule has 0 bridgehead atoms. The van der Waals surface area contributed by atoms with Crippen molar-refractivity contribution in [3.63, 3.8) is 0 Å². The Labute approximate surface area is 55.0 Å². The summed E-state index contributed by atoms with van der Waals surface area (Å²) >= 11 is 5.47. The molecule has 0 aromatic rings. The van der Waals surface area contributed by atoms with E-state index in [0.717, 1.165) is 25.3 Å². The van der Waals surface area contributed by atoms with Crippen molar-refractivity contribution < 1.29 is 4.74 Å². The summed E-state index contributed by atoms with van der Waals surface area (Å²) in [5.74, 6) is 0.778. The van der Waals surface area contributed by atoms with Crippen LogP contribution in [0, 0.1) is 0 Å². The number of hydrogen-bond acceptors (Lipinski definition) is 1. The highest BCUT2D eigenvalue weighted by Crippen LogP contribution is 2.16. The van der Waals surface area contributed by atoms with Crippen molar-refractivity contribution in [3.05, 3.63) is 0 Å². The Kier molecular flexibility index (Phi) is 2.64. The highest BCUT2D eigenvalue weighted by molar-refractivity contribution is 6.17. The van der Waals surface area contributed by atoms with Crippen LogP contribution in [0.4, 0.5) is 0 Å². The van der Waals surface area contributed by atoms with Gasteiger partial charge in [0.2, 0.25) is 0 Å². The van der Waals surface area contributed by atoms with E-state index in [2.05, 4.69) is 0 Å². The molecule has 2 heteroatoms. The van der Waals surface area contributed by atoms with Crippen LogP contribution in [0.25, 0.3) is 0 Å². The zero-order valence-electron chi connectivity index (χ0n) is 4.90. The SMILES string of the molecule is ClCCCC1CCO1. The third kappa shape index (κ3) is 1.64. The van der Waals surface area contributed by atoms with Crippen LogP contribution in [0.1, 0.15) is 19.3 Å². The number of halogens is 1. The fourth-order valence-electron chi connectivity index (χ4n) is 0.817. The van der Waals surface area contributed by atoms with E-state index in [1.807, 2.05) is 0 Å². The van der Waals surface area contributed by atoms with Crippen LogP contribution in [0.2, 0.25) is 0 Å². The molecule has 0 N–H and O–H groups in total. The van der Waals surface area contributed by atoms with Crippen LogP contribution in [0.15, 0.2) is 0 Å². The van der Waals surface area contributed by atoms with Gasteiger partial charge in [-0.1, -0.05) is 0 Å². The summed E-state index contributed by atoms with van der Waals surface area (Å²) in [6.45, 7) is 0.965. The van der Waals surface area contributed by atoms with Gasteiger partial charge in [-0.15, -0.1) is 11.6 Å². The highest BCUT2D eigenvalue weighted by Gasteiger charge is 2.16. The lowest BCUT2D eigenvalue weighted by atomic mass is 10.1. The monoisotopic (exact) mass is 134 g/mol. The van der Waals surface area contributed by atoms with E-state index >= 15 is 0 Å². The van der Waals surface area contributed by atoms with Gasteiger partial charge in [-0.3, -0.25) is 0 Å². The molecule has 0 aromatic heterocycles. The van der Waals surface area contributed by atoms with Crippen molar-refractivity contribution >= 4 is 11.6 Å². The van der Waals surface area contributed by atoms with Gasteiger partial charge < -0.3 is 4.74 Å². The van der Waals surface area contributed by atoms with Crippen LogP contribution in [0.5, 0.6) is 0 Å². The zero-order valence-corrected chi connectivity index (χ0v) is 5.66. The Hall–Kier alpha value is 0.250. The first-order valence-corrected chi connectivity index (χ1v) is 3.64. The Bertz CT molecular complexity index is 61.5. The van der Waals surface area contributed by atoms with Gasteiger partial charge in [0.05, 0.1) is 6.10 Å². The molecule has 0 aromatic carbocycles. The molecule has 0 radical (unpaired) electrons. The number of rotatable bonds is 3. The quantitative estimate of drug-likeness (QED) is 0.535. The first-order chi connectivity index (χ1) is 3.93. The molecule has 1 aliphatic rings. The molecule has 1 unspecified atom stereocenters. The Morgan fingerprint density at radius 1 is 1.62 bits per heavy atom. The van der Waals surface area contributed by atoms with Crippen LogP contribution >= 0.6 is 11.6 Å². The lowest BCUT2D eigenvalue weighted by molar-refractivity contribution is -0.0545. The van der Waals surface area contributed by atoms with Crippen molar-refractivity contribution in [1.29, 1.82) is 0 Å². The van der Waals surface area contributed by atoms with Crippen LogP contribution in [-0.2, 0) is 4.74 Å². The predicted octanol–water partition coefficient (Wildman–Crippen LogP) is 1.79. The summed E-state index contributed by atoms with van der Waals surface area (Å²) in [5, 5.41) is 0. The lowest BCUT2D eigenvalue weighted by Crippen LogP contribution is -2.26. The number of ether oxygens (including phenoxy) is 1. The highest BCUT2D eigenvalue weighted by atomic mass is 35.5. The van der Waals surface area contributed by atoms with Crippen molar-refractivity contribution in [2.45, 2.75) is 25.4 Å². The molecule has 1 rings (SSSR count). The standard InChI is InChI=1S/C6H11ClO/c7-4-1-2-6-3-5-8-6/h6H,1-5H2. The van der Waals surface area contributed by atoms with E-state index in [-0.39, 0.29) is 0 Å². The summed E-state index contributed by atoms with van der Waals surface area (Å²) < 4.78 is 5.17. The van der Waals surface area contributed by atoms with E-state index in [1.165, 1.54) is 6.42 Å². The van der Waals surface area contributed by atoms with Gasteiger partial charge in [-0.05, 0) is 19.3 Å². The summed E-state index contributed by atoms with van der Waals surface area (Å²) in [6.07, 6.45) is 4.06. The van der Waals surface area contributed by atoms with Gasteiger partial charge in [0.1, 0.15) is 0 Å². The summed E-state index contributed by atoms with van der Waals surface area (Å²) in [5.41, 5.74) is 0. The molecule has 48 valence electrons. The Balaban J connectivity index is 1.86. The fraction of sp³-hybridized carbons (Fsp3) is 1.00. The van der Waals surface area contributed by atoms with E-state index in [9.17, 15) is 0 Å². The molecular weight excluding hydrogens is 124 g/mol. The minimum Gasteiger partial charge on any atom is -0.378 e. The normalized spacial score (nSPS) is 27.4. The largest absolute Gasteiger partial charge is 0.378 e. The lowest BCUT2D eigenvalue weighted by Gasteiger charge is -2.25. The molecule has 1 nitrogen and oxygen atoms in total. The Morgan fingerprint density at radius 2 is 2.38 bits per heavy atom. The summed E-state index contributed by atoms with van der Waals surface area (Å²) in [4.78, 5) is 0. The molecule has 1 aliphatic heterocycles. The second-order valence-corrected chi connectivity index (χ2v) is 2.49. The smallest absolute Gasteiger partial charge is 0.0597 e. The molecule has 0 amide bonds. The van der Waals surface area contributed by atoms with Crippen molar-refractivity contribution in [2.75, 3.05) is 12.5 Å². The van der Waals surface area contributed by atoms with Crippen molar-refractivity contribution in [3.8, 4) is 0 Å². The van der Waals surface area contributed by atoms with Gasteiger partial charge in [0, 0.05) is 12.5 Å². The third-order valence-electron chi connectivity index (χ3n) is 1.45. The summed E-state index contributed by atoms with van der Waals surface area (Å²) in [7, 11) is 0. The number of hydrogen-bond donors (Lipinski definition) is 0. The second kappa shape index (κ2) is 3.31. The average Bonchev–Trinajstić information content (AvgIpc) is 1.63. The van der Waals surface area contributed by atoms with E-state index < -0.39 is 0 Å². The molecular formula is C6H11ClO. The van der Waals surface area contributed by atoms with Crippen molar-refractivity contribution in [2.24, 2.45) is 0 Å². The van der Waals surface area contributed by atoms with Crippen LogP contribution in [0.3, 0.4) is 0 Å². The summed E-state index contributed by atoms with van der Waals surface area (Å²) in [6, 6.07) is 0. The van der Waals surface area contributed by atoms with Crippen molar-refractivity contribution in [1.82, 2.24) is 0 Å². The maximum absolute atomic E-state index is 5.47. The Morgan fingerprint density at radius 3 is 2.75 bits per heavy atom. The molecule has 1 heterocycles. The zero-order chi connectivity index (χ0) is 5.82. The van der Waals surface area contributed by atoms with Gasteiger partial charge in [0.15, 0.2) is 0 Å². The van der Waals surface area contributed by atoms with E-state index in [4.69, 9.17) is 16.3 Å². The van der Waals surface area contributed by atoms with Gasteiger partial charge in [0.25, 0.3) is 0 Å². The predicted molar refractivity (Wildman–Crippen MR) is 34.3 cm³/mol. The molecule has 1 fully saturated rings. The molecule has 1 saturated heterocycles. The second-order valence-electron chi connectivity index (χ2n) is 2.11. The first-order valence-electron chi connectivity index (χ1n) is 3.11. The molecule has 0 aliphatic carbocycles. The minimum atomic E-state index is 0.550. The first kappa shape index (κ1) is 6.37. The molecule has 1 atom stereocenters. The average molecular weight is 135 g/mol. The maximum Gasteiger partial charge on any atom is 0.0597 e. The topological polar surface area (TPSA) is 9.23 Å². The molecule has 0 saturated carbocycles. The van der Waals surface area contributed by atoms with Crippen LogP contribution in [-0.4, -0.2) is 18.6 Å².